The molecule has 3 aromatic rings. The van der Waals surface area contributed by atoms with E-state index in [1.807, 2.05) is 4.98 Å². The molecule has 0 aliphatic rings. The zero-order chi connectivity index (χ0) is 23.0. The molecular formula is C17H12BrClN6O4. The summed E-state index contributed by atoms with van der Waals surface area (Å²) >= 11 is 9.41. The highest BCUT2D eigenvalue weighted by atomic mass is 79.9. The smallest absolute Gasteiger partial charge is 0.349 e. The van der Waals surface area contributed by atoms with Crippen LogP contribution in [0.25, 0.3) is 5.69 Å². The Morgan fingerprint density at radius 1 is 1.34 bits per heavy atom. The molecule has 148 valence electrons. The van der Waals surface area contributed by atoms with Crippen molar-refractivity contribution in [2.75, 3.05) is 0 Å². The van der Waals surface area contributed by atoms with Gasteiger partial charge in [0.1, 0.15) is 6.07 Å². The van der Waals surface area contributed by atoms with Gasteiger partial charge in [-0.3, -0.25) is 14.6 Å². The van der Waals surface area contributed by atoms with Crippen LogP contribution in [0.5, 0.6) is 11.6 Å². The molecule has 0 saturated carbocycles. The van der Waals surface area contributed by atoms with Gasteiger partial charge < -0.3 is 4.74 Å². The largest absolute Gasteiger partial charge is 0.435 e. The summed E-state index contributed by atoms with van der Waals surface area (Å²) in [4.78, 5) is 37.5. The maximum absolute atomic E-state index is 12.2. The van der Waals surface area contributed by atoms with E-state index in [2.05, 4.69) is 31.2 Å². The lowest BCUT2D eigenvalue weighted by Gasteiger charge is -2.12. The predicted octanol–water partition coefficient (Wildman–Crippen LogP) is 2.21. The van der Waals surface area contributed by atoms with Crippen LogP contribution in [0, 0.1) is 11.3 Å². The lowest BCUT2D eigenvalue weighted by atomic mass is 10.1. The van der Waals surface area contributed by atoms with Crippen molar-refractivity contribution in [3.63, 3.8) is 0 Å². The molecule has 0 spiro atoms. The number of ether oxygens (including phenoxy) is 1. The van der Waals surface area contributed by atoms with Crippen molar-refractivity contribution in [3.8, 4) is 23.4 Å². The first-order valence-electron chi connectivity index (χ1n) is 8.96. The molecule has 12 heteroatoms. The van der Waals surface area contributed by atoms with Gasteiger partial charge in [-0.15, -0.1) is 10.2 Å². The average molecular weight is 482 g/mol. The molecule has 0 radical (unpaired) electrons. The minimum absolute atomic E-state index is 0.0384. The first-order chi connectivity index (χ1) is 14.6. The standard InChI is InChI=1S/C17H12BrClN6O4/c1-7(2)9-5-13(22-23-15(9)26)29-14-10(18)3-8(4-11(14)19)25-17(28)21-16(27)12(6-20)24-25/h3-5,7H,1-2H3,(H,23,26)(H,21,27,28)/i3D,4D. The third-order valence-corrected chi connectivity index (χ3v) is 4.46. The lowest BCUT2D eigenvalue weighted by Crippen LogP contribution is -2.33. The average Bonchev–Trinajstić information content (AvgIpc) is 2.72. The SMILES string of the molecule is [2H]c1c(Cl)c(Oc2cc(C(C)C)c(=O)[nH]n2)c(Br)c([2H])c1-n1nc(C#N)c(=O)[nH]c1=O. The number of rotatable bonds is 4. The molecule has 2 aromatic heterocycles. The van der Waals surface area contributed by atoms with E-state index < -0.39 is 29.0 Å². The van der Waals surface area contributed by atoms with Crippen molar-refractivity contribution in [1.29, 1.82) is 5.26 Å². The van der Waals surface area contributed by atoms with Crippen molar-refractivity contribution in [2.24, 2.45) is 0 Å². The summed E-state index contributed by atoms with van der Waals surface area (Å²) in [5.41, 5.74) is -3.08. The number of aromatic amines is 2. The van der Waals surface area contributed by atoms with E-state index in [9.17, 15) is 14.4 Å². The third-order valence-electron chi connectivity index (χ3n) is 3.64. The molecule has 0 unspecified atom stereocenters. The van der Waals surface area contributed by atoms with Crippen molar-refractivity contribution in [1.82, 2.24) is 25.0 Å². The van der Waals surface area contributed by atoms with E-state index in [0.717, 1.165) is 0 Å². The Balaban J connectivity index is 2.20. The van der Waals surface area contributed by atoms with Crippen molar-refractivity contribution >= 4 is 27.5 Å². The summed E-state index contributed by atoms with van der Waals surface area (Å²) in [5.74, 6) is -0.322. The minimum Gasteiger partial charge on any atom is -0.435 e. The van der Waals surface area contributed by atoms with Crippen LogP contribution in [0.3, 0.4) is 0 Å². The molecule has 1 aromatic carbocycles. The quantitative estimate of drug-likeness (QED) is 0.580. The van der Waals surface area contributed by atoms with Gasteiger partial charge in [-0.25, -0.2) is 9.89 Å². The van der Waals surface area contributed by atoms with Crippen LogP contribution in [0.15, 0.2) is 37.0 Å². The Morgan fingerprint density at radius 2 is 2.07 bits per heavy atom. The van der Waals surface area contributed by atoms with Gasteiger partial charge in [0, 0.05) is 11.6 Å². The molecule has 0 atom stereocenters. The summed E-state index contributed by atoms with van der Waals surface area (Å²) in [7, 11) is 0. The molecular weight excluding hydrogens is 468 g/mol. The minimum atomic E-state index is -1.06. The number of nitrogens with zero attached hydrogens (tertiary/aromatic N) is 4. The fourth-order valence-electron chi connectivity index (χ4n) is 2.26. The summed E-state index contributed by atoms with van der Waals surface area (Å²) in [6.07, 6.45) is 0. The number of nitriles is 1. The Hall–Kier alpha value is -3.23. The van der Waals surface area contributed by atoms with Gasteiger partial charge in [-0.1, -0.05) is 25.4 Å². The number of halogens is 2. The van der Waals surface area contributed by atoms with Gasteiger partial charge in [0.05, 0.1) is 17.9 Å². The fourth-order valence-corrected chi connectivity index (χ4v) is 3.06. The first-order valence-corrected chi connectivity index (χ1v) is 9.13. The molecule has 0 aliphatic heterocycles. The highest BCUT2D eigenvalue weighted by Gasteiger charge is 2.16. The number of H-pyrrole nitrogens is 2. The number of aromatic nitrogens is 5. The maximum atomic E-state index is 12.2. The van der Waals surface area contributed by atoms with Crippen LogP contribution in [0.4, 0.5) is 0 Å². The second-order valence-corrected chi connectivity index (χ2v) is 7.11. The number of hydrogen-bond acceptors (Lipinski definition) is 7. The molecule has 2 heterocycles. The van der Waals surface area contributed by atoms with Gasteiger partial charge in [-0.2, -0.15) is 9.94 Å². The lowest BCUT2D eigenvalue weighted by molar-refractivity contribution is 0.449. The number of benzene rings is 1. The Morgan fingerprint density at radius 3 is 2.72 bits per heavy atom. The highest BCUT2D eigenvalue weighted by molar-refractivity contribution is 9.10. The van der Waals surface area contributed by atoms with Gasteiger partial charge in [0.25, 0.3) is 11.1 Å². The van der Waals surface area contributed by atoms with E-state index in [1.165, 1.54) is 12.1 Å². The zero-order valence-corrected chi connectivity index (χ0v) is 17.2. The zero-order valence-electron chi connectivity index (χ0n) is 16.8. The molecule has 0 fully saturated rings. The summed E-state index contributed by atoms with van der Waals surface area (Å²) in [5, 5.41) is 18.4. The van der Waals surface area contributed by atoms with Gasteiger partial charge >= 0.3 is 5.69 Å². The van der Waals surface area contributed by atoms with Gasteiger partial charge in [-0.05, 0) is 33.9 Å². The predicted molar refractivity (Wildman–Crippen MR) is 107 cm³/mol. The molecule has 0 bridgehead atoms. The number of nitrogens with one attached hydrogen (secondary N) is 2. The molecule has 10 nitrogen and oxygen atoms in total. The van der Waals surface area contributed by atoms with Crippen molar-refractivity contribution < 1.29 is 7.48 Å². The van der Waals surface area contributed by atoms with E-state index >= 15 is 0 Å². The monoisotopic (exact) mass is 480 g/mol. The summed E-state index contributed by atoms with van der Waals surface area (Å²) in [6, 6.07) is 1.97. The Kier molecular flexibility index (Phi) is 4.93. The molecule has 0 saturated heterocycles. The van der Waals surface area contributed by atoms with Crippen molar-refractivity contribution in [3.05, 3.63) is 70.1 Å². The molecule has 0 aliphatic carbocycles. The fraction of sp³-hybridized carbons (Fsp3) is 0.176. The first kappa shape index (κ1) is 17.8. The highest BCUT2D eigenvalue weighted by Crippen LogP contribution is 2.37. The summed E-state index contributed by atoms with van der Waals surface area (Å²) < 4.78 is 22.7. The van der Waals surface area contributed by atoms with Gasteiger partial charge in [0.15, 0.2) is 5.75 Å². The van der Waals surface area contributed by atoms with E-state index in [1.54, 1.807) is 13.8 Å². The van der Waals surface area contributed by atoms with Crippen LogP contribution in [0.1, 0.15) is 33.8 Å². The second kappa shape index (κ2) is 8.02. The topological polar surface area (TPSA) is 147 Å². The molecule has 3 rings (SSSR count). The van der Waals surface area contributed by atoms with Gasteiger partial charge in [0.2, 0.25) is 11.6 Å². The van der Waals surface area contributed by atoms with E-state index in [4.69, 9.17) is 24.3 Å². The molecule has 0 amide bonds. The van der Waals surface area contributed by atoms with Crippen molar-refractivity contribution in [2.45, 2.75) is 19.8 Å². The maximum Gasteiger partial charge on any atom is 0.349 e. The summed E-state index contributed by atoms with van der Waals surface area (Å²) in [6.45, 7) is 3.61. The Labute approximate surface area is 178 Å². The number of hydrogen-bond donors (Lipinski definition) is 2. The molecule has 29 heavy (non-hydrogen) atoms. The molecule has 2 N–H and O–H groups in total. The van der Waals surface area contributed by atoms with Crippen LogP contribution in [-0.2, 0) is 0 Å². The Bertz CT molecular complexity index is 1400. The van der Waals surface area contributed by atoms with Crippen LogP contribution in [0.2, 0.25) is 5.02 Å². The third kappa shape index (κ3) is 4.13. The van der Waals surface area contributed by atoms with E-state index in [-0.39, 0.29) is 38.3 Å². The second-order valence-electron chi connectivity index (χ2n) is 5.93. The normalized spacial score (nSPS) is 11.7. The van der Waals surface area contributed by atoms with Crippen LogP contribution < -0.4 is 21.5 Å². The van der Waals surface area contributed by atoms with Crippen LogP contribution >= 0.6 is 27.5 Å². The van der Waals surface area contributed by atoms with E-state index in [0.29, 0.717) is 10.2 Å². The van der Waals surface area contributed by atoms with Crippen LogP contribution in [-0.4, -0.2) is 25.0 Å².